The summed E-state index contributed by atoms with van der Waals surface area (Å²) in [5.41, 5.74) is 0.843. The van der Waals surface area contributed by atoms with Crippen LogP contribution in [0.25, 0.3) is 0 Å². The molecule has 0 bridgehead atoms. The molecular weight excluding hydrogens is 224 g/mol. The molecule has 0 aliphatic rings. The molecule has 0 radical (unpaired) electrons. The summed E-state index contributed by atoms with van der Waals surface area (Å²) >= 11 is 0. The summed E-state index contributed by atoms with van der Waals surface area (Å²) in [4.78, 5) is 11.2. The Morgan fingerprint density at radius 3 is 2.06 bits per heavy atom. The first-order valence-corrected chi connectivity index (χ1v) is 6.71. The number of hydrogen-bond acceptors (Lipinski definition) is 3. The van der Waals surface area contributed by atoms with Gasteiger partial charge in [0, 0.05) is 6.42 Å². The van der Waals surface area contributed by atoms with Crippen LogP contribution in [0.4, 0.5) is 0 Å². The maximum atomic E-state index is 11.8. The number of hydrogen-bond donors (Lipinski definition) is 0. The minimum atomic E-state index is -3.21. The molecule has 0 atom stereocenters. The van der Waals surface area contributed by atoms with Crippen LogP contribution >= 0.6 is 0 Å². The highest BCUT2D eigenvalue weighted by molar-refractivity contribution is 7.92. The van der Waals surface area contributed by atoms with E-state index in [9.17, 15) is 13.2 Å². The second-order valence-corrected chi connectivity index (χ2v) is 6.62. The van der Waals surface area contributed by atoms with Gasteiger partial charge in [-0.2, -0.15) is 0 Å². The maximum Gasteiger partial charge on any atom is 0.180 e. The number of ketones is 1. The minimum Gasteiger partial charge on any atom is -0.300 e. The molecule has 1 aromatic carbocycles. The van der Waals surface area contributed by atoms with Gasteiger partial charge in [0.2, 0.25) is 0 Å². The number of carbonyl (C=O) groups is 1. The van der Waals surface area contributed by atoms with Crippen LogP contribution in [0.2, 0.25) is 0 Å². The molecule has 0 amide bonds. The third-order valence-corrected chi connectivity index (χ3v) is 4.50. The van der Waals surface area contributed by atoms with E-state index < -0.39 is 15.1 Å². The Morgan fingerprint density at radius 1 is 1.19 bits per heavy atom. The highest BCUT2D eigenvalue weighted by atomic mass is 32.2. The van der Waals surface area contributed by atoms with Gasteiger partial charge in [-0.25, -0.2) is 8.42 Å². The van der Waals surface area contributed by atoms with E-state index in [2.05, 4.69) is 0 Å². The van der Waals surface area contributed by atoms with Crippen molar-refractivity contribution in [2.75, 3.05) is 0 Å². The highest BCUT2D eigenvalue weighted by Crippen LogP contribution is 2.16. The molecule has 0 saturated heterocycles. The lowest BCUT2D eigenvalue weighted by atomic mass is 10.1. The van der Waals surface area contributed by atoms with Crippen molar-refractivity contribution in [2.24, 2.45) is 0 Å². The molecule has 0 N–H and O–H groups in total. The summed E-state index contributed by atoms with van der Waals surface area (Å²) in [5.74, 6) is 0.0690. The van der Waals surface area contributed by atoms with Gasteiger partial charge < -0.3 is 0 Å². The van der Waals surface area contributed by atoms with E-state index in [1.54, 1.807) is 38.1 Å². The van der Waals surface area contributed by atoms with Gasteiger partial charge in [0.25, 0.3) is 0 Å². The van der Waals surface area contributed by atoms with Crippen LogP contribution in [-0.2, 0) is 21.1 Å². The molecule has 88 valence electrons. The van der Waals surface area contributed by atoms with Gasteiger partial charge in [-0.1, -0.05) is 12.1 Å². The van der Waals surface area contributed by atoms with Gasteiger partial charge in [-0.05, 0) is 38.5 Å². The van der Waals surface area contributed by atoms with Crippen molar-refractivity contribution in [1.29, 1.82) is 0 Å². The molecule has 0 spiro atoms. The third-order valence-electron chi connectivity index (χ3n) is 2.33. The molecular formula is C12H16O3S. The zero-order valence-corrected chi connectivity index (χ0v) is 10.5. The summed E-state index contributed by atoms with van der Waals surface area (Å²) in [6.07, 6.45) is 0.349. The van der Waals surface area contributed by atoms with Crippen molar-refractivity contribution in [3.8, 4) is 0 Å². The van der Waals surface area contributed by atoms with E-state index in [-0.39, 0.29) is 5.78 Å². The third kappa shape index (κ3) is 2.92. The Balaban J connectivity index is 3.00. The fourth-order valence-corrected chi connectivity index (χ4v) is 2.42. The first kappa shape index (κ1) is 12.9. The van der Waals surface area contributed by atoms with Crippen LogP contribution in [0, 0.1) is 0 Å². The van der Waals surface area contributed by atoms with Crippen molar-refractivity contribution in [1.82, 2.24) is 0 Å². The normalized spacial score (nSPS) is 11.8. The van der Waals surface area contributed by atoms with Crippen LogP contribution in [0.5, 0.6) is 0 Å². The van der Waals surface area contributed by atoms with E-state index in [0.29, 0.717) is 11.3 Å². The lowest BCUT2D eigenvalue weighted by Gasteiger charge is -2.08. The minimum absolute atomic E-state index is 0.0690. The molecule has 0 saturated carbocycles. The first-order valence-electron chi connectivity index (χ1n) is 5.16. The molecule has 0 fully saturated rings. The van der Waals surface area contributed by atoms with Crippen LogP contribution < -0.4 is 0 Å². The summed E-state index contributed by atoms with van der Waals surface area (Å²) in [5, 5.41) is -0.425. The predicted octanol–water partition coefficient (Wildman–Crippen LogP) is 2.00. The van der Waals surface area contributed by atoms with Gasteiger partial charge in [-0.15, -0.1) is 0 Å². The number of Topliss-reactive ketones (excluding diaryl/α,β-unsaturated/α-hetero) is 1. The van der Waals surface area contributed by atoms with Gasteiger partial charge in [0.1, 0.15) is 5.78 Å². The smallest absolute Gasteiger partial charge is 0.180 e. The first-order chi connectivity index (χ1) is 7.34. The average Bonchev–Trinajstić information content (AvgIpc) is 2.17. The number of rotatable bonds is 4. The van der Waals surface area contributed by atoms with Crippen molar-refractivity contribution in [2.45, 2.75) is 37.3 Å². The second kappa shape index (κ2) is 4.78. The molecule has 0 aliphatic carbocycles. The van der Waals surface area contributed by atoms with Gasteiger partial charge in [0.15, 0.2) is 9.84 Å². The van der Waals surface area contributed by atoms with Crippen molar-refractivity contribution < 1.29 is 13.2 Å². The van der Waals surface area contributed by atoms with E-state index in [1.807, 2.05) is 0 Å². The van der Waals surface area contributed by atoms with Crippen LogP contribution in [0.1, 0.15) is 26.3 Å². The van der Waals surface area contributed by atoms with E-state index in [1.165, 1.54) is 6.92 Å². The average molecular weight is 240 g/mol. The van der Waals surface area contributed by atoms with Crippen molar-refractivity contribution >= 4 is 15.6 Å². The molecule has 3 nitrogen and oxygen atoms in total. The number of sulfone groups is 1. The summed E-state index contributed by atoms with van der Waals surface area (Å²) in [6, 6.07) is 6.51. The van der Waals surface area contributed by atoms with Crippen molar-refractivity contribution in [3.63, 3.8) is 0 Å². The monoisotopic (exact) mass is 240 g/mol. The zero-order valence-electron chi connectivity index (χ0n) is 9.73. The van der Waals surface area contributed by atoms with E-state index >= 15 is 0 Å². The van der Waals surface area contributed by atoms with Crippen molar-refractivity contribution in [3.05, 3.63) is 29.8 Å². The number of carbonyl (C=O) groups excluding carboxylic acids is 1. The molecule has 0 aromatic heterocycles. The van der Waals surface area contributed by atoms with Crippen LogP contribution in [-0.4, -0.2) is 19.5 Å². The summed E-state index contributed by atoms with van der Waals surface area (Å²) in [6.45, 7) is 4.82. The van der Waals surface area contributed by atoms with E-state index in [4.69, 9.17) is 0 Å². The molecule has 0 heterocycles. The molecule has 0 aliphatic heterocycles. The fourth-order valence-electron chi connectivity index (χ4n) is 1.36. The Labute approximate surface area is 96.4 Å². The van der Waals surface area contributed by atoms with Gasteiger partial charge >= 0.3 is 0 Å². The maximum absolute atomic E-state index is 11.8. The largest absolute Gasteiger partial charge is 0.300 e. The van der Waals surface area contributed by atoms with E-state index in [0.717, 1.165) is 5.56 Å². The SMILES string of the molecule is CC(=O)Cc1ccc(S(=O)(=O)C(C)C)cc1. The van der Waals surface area contributed by atoms with Gasteiger partial charge in [-0.3, -0.25) is 4.79 Å². The highest BCUT2D eigenvalue weighted by Gasteiger charge is 2.18. The zero-order chi connectivity index (χ0) is 12.3. The lowest BCUT2D eigenvalue weighted by Crippen LogP contribution is -2.13. The Kier molecular flexibility index (Phi) is 3.86. The lowest BCUT2D eigenvalue weighted by molar-refractivity contribution is -0.116. The second-order valence-electron chi connectivity index (χ2n) is 4.12. The standard InChI is InChI=1S/C12H16O3S/c1-9(2)16(14,15)12-6-4-11(5-7-12)8-10(3)13/h4-7,9H,8H2,1-3H3. The van der Waals surface area contributed by atoms with Crippen LogP contribution in [0.15, 0.2) is 29.2 Å². The summed E-state index contributed by atoms with van der Waals surface area (Å²) < 4.78 is 23.6. The van der Waals surface area contributed by atoms with Crippen LogP contribution in [0.3, 0.4) is 0 Å². The number of benzene rings is 1. The topological polar surface area (TPSA) is 51.2 Å². The predicted molar refractivity (Wildman–Crippen MR) is 63.1 cm³/mol. The fraction of sp³-hybridized carbons (Fsp3) is 0.417. The quantitative estimate of drug-likeness (QED) is 0.808. The Bertz CT molecular complexity index is 469. The molecule has 0 unspecified atom stereocenters. The Morgan fingerprint density at radius 2 is 1.69 bits per heavy atom. The molecule has 4 heteroatoms. The molecule has 16 heavy (non-hydrogen) atoms. The Hall–Kier alpha value is -1.16. The molecule has 1 aromatic rings. The summed E-state index contributed by atoms with van der Waals surface area (Å²) in [7, 11) is -3.21. The molecule has 1 rings (SSSR count). The van der Waals surface area contributed by atoms with Gasteiger partial charge in [0.05, 0.1) is 10.1 Å².